The third-order valence-electron chi connectivity index (χ3n) is 5.30. The largest absolute Gasteiger partial charge is 0.325 e. The maximum Gasteiger partial charge on any atom is 0.325 e. The molecule has 2 fully saturated rings. The van der Waals surface area contributed by atoms with Gasteiger partial charge < -0.3 is 15.5 Å². The first-order valence-electron chi connectivity index (χ1n) is 9.53. The van der Waals surface area contributed by atoms with Gasteiger partial charge in [0.05, 0.1) is 0 Å². The molecule has 7 heteroatoms. The molecule has 0 atom stereocenters. The Morgan fingerprint density at radius 3 is 2.52 bits per heavy atom. The molecule has 2 saturated heterocycles. The molecule has 1 spiro atoms. The van der Waals surface area contributed by atoms with Crippen molar-refractivity contribution in [2.24, 2.45) is 5.92 Å². The lowest BCUT2D eigenvalue weighted by molar-refractivity contribution is -0.135. The van der Waals surface area contributed by atoms with Crippen molar-refractivity contribution in [2.75, 3.05) is 31.5 Å². The van der Waals surface area contributed by atoms with Crippen LogP contribution in [-0.2, 0) is 9.59 Å². The summed E-state index contributed by atoms with van der Waals surface area (Å²) < 4.78 is 0. The predicted molar refractivity (Wildman–Crippen MR) is 103 cm³/mol. The number of imide groups is 1. The van der Waals surface area contributed by atoms with Crippen LogP contribution in [0, 0.1) is 12.8 Å². The number of benzene rings is 1. The molecule has 2 aliphatic heterocycles. The van der Waals surface area contributed by atoms with Crippen molar-refractivity contribution >= 4 is 23.5 Å². The van der Waals surface area contributed by atoms with Gasteiger partial charge in [0.25, 0.3) is 5.91 Å². The molecule has 0 aromatic heterocycles. The number of anilines is 1. The van der Waals surface area contributed by atoms with Gasteiger partial charge in [-0.1, -0.05) is 32.0 Å². The summed E-state index contributed by atoms with van der Waals surface area (Å²) in [6.45, 7) is 8.49. The smallest absolute Gasteiger partial charge is 0.324 e. The molecule has 0 aliphatic carbocycles. The molecule has 3 rings (SSSR count). The summed E-state index contributed by atoms with van der Waals surface area (Å²) in [5.41, 5.74) is 0.761. The normalized spacial score (nSPS) is 19.6. The van der Waals surface area contributed by atoms with Gasteiger partial charge in [-0.15, -0.1) is 0 Å². The molecular formula is C20H28N4O3. The average molecular weight is 372 g/mol. The molecule has 1 aromatic rings. The second-order valence-corrected chi connectivity index (χ2v) is 7.96. The molecule has 2 heterocycles. The minimum atomic E-state index is -0.854. The van der Waals surface area contributed by atoms with Crippen LogP contribution >= 0.6 is 0 Å². The van der Waals surface area contributed by atoms with Gasteiger partial charge in [-0.25, -0.2) is 4.79 Å². The number of aryl methyl sites for hydroxylation is 1. The summed E-state index contributed by atoms with van der Waals surface area (Å²) in [6, 6.07) is 6.93. The van der Waals surface area contributed by atoms with E-state index in [1.165, 1.54) is 0 Å². The van der Waals surface area contributed by atoms with E-state index in [9.17, 15) is 14.4 Å². The SMILES string of the molecule is Cc1ccccc1NC(=O)CN1C(=O)NC2(CCN(CC(C)C)CC2)C1=O. The van der Waals surface area contributed by atoms with Crippen molar-refractivity contribution in [1.82, 2.24) is 15.1 Å². The summed E-state index contributed by atoms with van der Waals surface area (Å²) in [5, 5.41) is 5.63. The third-order valence-corrected chi connectivity index (χ3v) is 5.30. The Balaban J connectivity index is 1.61. The number of hydrogen-bond donors (Lipinski definition) is 2. The van der Waals surface area contributed by atoms with Gasteiger partial charge in [0.1, 0.15) is 12.1 Å². The third kappa shape index (κ3) is 4.13. The number of para-hydroxylation sites is 1. The van der Waals surface area contributed by atoms with Crippen LogP contribution in [0.25, 0.3) is 0 Å². The number of carbonyl (C=O) groups excluding carboxylic acids is 3. The molecule has 4 amide bonds. The fourth-order valence-corrected chi connectivity index (χ4v) is 3.84. The Bertz CT molecular complexity index is 738. The van der Waals surface area contributed by atoms with Gasteiger partial charge in [-0.05, 0) is 37.3 Å². The maximum atomic E-state index is 12.9. The lowest BCUT2D eigenvalue weighted by Gasteiger charge is -2.37. The molecule has 2 N–H and O–H groups in total. The quantitative estimate of drug-likeness (QED) is 0.775. The average Bonchev–Trinajstić information content (AvgIpc) is 2.83. The molecule has 0 bridgehead atoms. The molecule has 0 saturated carbocycles. The molecular weight excluding hydrogens is 344 g/mol. The summed E-state index contributed by atoms with van der Waals surface area (Å²) >= 11 is 0. The fourth-order valence-electron chi connectivity index (χ4n) is 3.84. The predicted octanol–water partition coefficient (Wildman–Crippen LogP) is 1.98. The van der Waals surface area contributed by atoms with Gasteiger partial charge in [0.15, 0.2) is 0 Å². The van der Waals surface area contributed by atoms with E-state index in [-0.39, 0.29) is 18.4 Å². The van der Waals surface area contributed by atoms with Gasteiger partial charge in [-0.2, -0.15) is 0 Å². The van der Waals surface area contributed by atoms with Crippen molar-refractivity contribution in [3.05, 3.63) is 29.8 Å². The zero-order valence-corrected chi connectivity index (χ0v) is 16.2. The number of piperidine rings is 1. The van der Waals surface area contributed by atoms with Gasteiger partial charge in [-0.3, -0.25) is 14.5 Å². The van der Waals surface area contributed by atoms with E-state index >= 15 is 0 Å². The highest BCUT2D eigenvalue weighted by Gasteiger charge is 2.52. The molecule has 27 heavy (non-hydrogen) atoms. The van der Waals surface area contributed by atoms with E-state index in [0.29, 0.717) is 24.4 Å². The molecule has 1 aromatic carbocycles. The number of urea groups is 1. The Morgan fingerprint density at radius 1 is 1.22 bits per heavy atom. The van der Waals surface area contributed by atoms with E-state index < -0.39 is 11.6 Å². The van der Waals surface area contributed by atoms with Crippen LogP contribution < -0.4 is 10.6 Å². The minimum Gasteiger partial charge on any atom is -0.324 e. The number of likely N-dealkylation sites (tertiary alicyclic amines) is 1. The van der Waals surface area contributed by atoms with Crippen molar-refractivity contribution in [2.45, 2.75) is 39.2 Å². The van der Waals surface area contributed by atoms with Gasteiger partial charge in [0.2, 0.25) is 5.91 Å². The Hall–Kier alpha value is -2.41. The lowest BCUT2D eigenvalue weighted by atomic mass is 9.87. The first-order chi connectivity index (χ1) is 12.8. The zero-order valence-electron chi connectivity index (χ0n) is 16.2. The summed E-state index contributed by atoms with van der Waals surface area (Å²) in [7, 11) is 0. The number of carbonyl (C=O) groups is 3. The molecule has 7 nitrogen and oxygen atoms in total. The highest BCUT2D eigenvalue weighted by molar-refractivity contribution is 6.10. The second kappa shape index (κ2) is 7.68. The van der Waals surface area contributed by atoms with Crippen LogP contribution in [0.2, 0.25) is 0 Å². The van der Waals surface area contributed by atoms with E-state index in [4.69, 9.17) is 0 Å². The van der Waals surface area contributed by atoms with E-state index in [1.807, 2.05) is 25.1 Å². The second-order valence-electron chi connectivity index (χ2n) is 7.96. The van der Waals surface area contributed by atoms with Crippen LogP contribution in [0.3, 0.4) is 0 Å². The van der Waals surface area contributed by atoms with E-state index in [2.05, 4.69) is 29.4 Å². The number of amides is 4. The molecule has 0 unspecified atom stereocenters. The summed E-state index contributed by atoms with van der Waals surface area (Å²) in [5.74, 6) is -0.0896. The van der Waals surface area contributed by atoms with Crippen molar-refractivity contribution in [3.63, 3.8) is 0 Å². The topological polar surface area (TPSA) is 81.8 Å². The van der Waals surface area contributed by atoms with Gasteiger partial charge in [0, 0.05) is 25.3 Å². The Kier molecular flexibility index (Phi) is 5.51. The number of nitrogens with one attached hydrogen (secondary N) is 2. The highest BCUT2D eigenvalue weighted by Crippen LogP contribution is 2.29. The summed E-state index contributed by atoms with van der Waals surface area (Å²) in [4.78, 5) is 41.0. The van der Waals surface area contributed by atoms with E-state index in [1.54, 1.807) is 6.07 Å². The van der Waals surface area contributed by atoms with E-state index in [0.717, 1.165) is 30.1 Å². The zero-order chi connectivity index (χ0) is 19.6. The molecule has 0 radical (unpaired) electrons. The Labute approximate surface area is 160 Å². The first kappa shape index (κ1) is 19.4. The van der Waals surface area contributed by atoms with Crippen LogP contribution in [0.4, 0.5) is 10.5 Å². The van der Waals surface area contributed by atoms with Crippen molar-refractivity contribution in [3.8, 4) is 0 Å². The monoisotopic (exact) mass is 372 g/mol. The van der Waals surface area contributed by atoms with Crippen molar-refractivity contribution in [1.29, 1.82) is 0 Å². The van der Waals surface area contributed by atoms with Crippen LogP contribution in [-0.4, -0.2) is 59.4 Å². The first-order valence-corrected chi connectivity index (χ1v) is 9.53. The summed E-state index contributed by atoms with van der Waals surface area (Å²) in [6.07, 6.45) is 1.17. The number of nitrogens with zero attached hydrogens (tertiary/aromatic N) is 2. The molecule has 146 valence electrons. The highest BCUT2D eigenvalue weighted by atomic mass is 16.2. The lowest BCUT2D eigenvalue weighted by Crippen LogP contribution is -2.55. The molecule has 2 aliphatic rings. The van der Waals surface area contributed by atoms with Crippen LogP contribution in [0.5, 0.6) is 0 Å². The maximum absolute atomic E-state index is 12.9. The van der Waals surface area contributed by atoms with Crippen LogP contribution in [0.15, 0.2) is 24.3 Å². The van der Waals surface area contributed by atoms with Gasteiger partial charge >= 0.3 is 6.03 Å². The van der Waals surface area contributed by atoms with Crippen LogP contribution in [0.1, 0.15) is 32.3 Å². The fraction of sp³-hybridized carbons (Fsp3) is 0.550. The Morgan fingerprint density at radius 2 is 1.89 bits per heavy atom. The standard InChI is InChI=1S/C20H28N4O3/c1-14(2)12-23-10-8-20(9-11-23)18(26)24(19(27)22-20)13-17(25)21-16-7-5-4-6-15(16)3/h4-7,14H,8-13H2,1-3H3,(H,21,25)(H,22,27). The minimum absolute atomic E-state index is 0.267. The van der Waals surface area contributed by atoms with Crippen molar-refractivity contribution < 1.29 is 14.4 Å². The number of hydrogen-bond acceptors (Lipinski definition) is 4. The number of rotatable bonds is 5.